The van der Waals surface area contributed by atoms with Gasteiger partial charge in [-0.15, -0.1) is 0 Å². The SMILES string of the molecule is CC(C)=CCCC(C)=CCCC(C)=CCC(=O)C(CC=C(C)CCC=C(C)CCC=C(C)C)=C(C)CCC=C(C)C. The molecule has 0 aliphatic carbocycles. The third-order valence-electron chi connectivity index (χ3n) is 7.46. The Hall–Kier alpha value is -2.41. The van der Waals surface area contributed by atoms with Gasteiger partial charge < -0.3 is 0 Å². The molecule has 0 N–H and O–H groups in total. The Labute approximate surface area is 256 Å². The first-order valence-electron chi connectivity index (χ1n) is 16.1. The van der Waals surface area contributed by atoms with Crippen molar-refractivity contribution in [2.75, 3.05) is 0 Å². The van der Waals surface area contributed by atoms with Crippen LogP contribution in [0.4, 0.5) is 0 Å². The highest BCUT2D eigenvalue weighted by Crippen LogP contribution is 2.21. The Morgan fingerprint density at radius 1 is 0.390 bits per heavy atom. The van der Waals surface area contributed by atoms with Crippen LogP contribution in [0.1, 0.15) is 153 Å². The van der Waals surface area contributed by atoms with E-state index in [9.17, 15) is 4.79 Å². The van der Waals surface area contributed by atoms with Crippen molar-refractivity contribution in [3.8, 4) is 0 Å². The average Bonchev–Trinajstić information content (AvgIpc) is 2.86. The lowest BCUT2D eigenvalue weighted by molar-refractivity contribution is -0.114. The highest BCUT2D eigenvalue weighted by Gasteiger charge is 2.11. The van der Waals surface area contributed by atoms with Crippen LogP contribution in [0.3, 0.4) is 0 Å². The monoisotopic (exact) mass is 560 g/mol. The maximum Gasteiger partial charge on any atom is 0.162 e. The lowest BCUT2D eigenvalue weighted by atomic mass is 9.94. The summed E-state index contributed by atoms with van der Waals surface area (Å²) in [5.74, 6) is 0.284. The van der Waals surface area contributed by atoms with E-state index in [-0.39, 0.29) is 5.78 Å². The molecule has 0 saturated carbocycles. The van der Waals surface area contributed by atoms with E-state index in [0.717, 1.165) is 76.2 Å². The van der Waals surface area contributed by atoms with E-state index in [4.69, 9.17) is 0 Å². The summed E-state index contributed by atoms with van der Waals surface area (Å²) in [4.78, 5) is 13.4. The number of Topliss-reactive ketones (excluding diaryl/α,β-unsaturated/α-hetero) is 1. The van der Waals surface area contributed by atoms with E-state index in [0.29, 0.717) is 6.42 Å². The fourth-order valence-corrected chi connectivity index (χ4v) is 4.60. The quantitative estimate of drug-likeness (QED) is 0.107. The van der Waals surface area contributed by atoms with Gasteiger partial charge in [-0.2, -0.15) is 0 Å². The average molecular weight is 561 g/mol. The molecule has 0 aromatic carbocycles. The van der Waals surface area contributed by atoms with Crippen LogP contribution in [-0.4, -0.2) is 5.78 Å². The summed E-state index contributed by atoms with van der Waals surface area (Å²) in [5.41, 5.74) is 12.0. The van der Waals surface area contributed by atoms with Crippen LogP contribution in [0.5, 0.6) is 0 Å². The van der Waals surface area contributed by atoms with E-state index < -0.39 is 0 Å². The molecular formula is C40H64O. The summed E-state index contributed by atoms with van der Waals surface area (Å²) < 4.78 is 0. The second-order valence-corrected chi connectivity index (χ2v) is 12.8. The predicted octanol–water partition coefficient (Wildman–Crippen LogP) is 13.2. The van der Waals surface area contributed by atoms with Gasteiger partial charge in [0, 0.05) is 6.42 Å². The lowest BCUT2D eigenvalue weighted by Crippen LogP contribution is -2.04. The number of carbonyl (C=O) groups is 1. The molecule has 0 spiro atoms. The summed E-state index contributed by atoms with van der Waals surface area (Å²) >= 11 is 0. The Balaban J connectivity index is 5.23. The topological polar surface area (TPSA) is 17.1 Å². The van der Waals surface area contributed by atoms with Gasteiger partial charge in [-0.05, 0) is 152 Å². The number of hydrogen-bond donors (Lipinski definition) is 0. The highest BCUT2D eigenvalue weighted by atomic mass is 16.1. The first kappa shape index (κ1) is 38.6. The number of rotatable bonds is 20. The number of allylic oxidation sites excluding steroid dienone is 16. The third kappa shape index (κ3) is 22.9. The molecule has 1 nitrogen and oxygen atoms in total. The van der Waals surface area contributed by atoms with E-state index >= 15 is 0 Å². The van der Waals surface area contributed by atoms with E-state index in [1.807, 2.05) is 0 Å². The molecular weight excluding hydrogens is 496 g/mol. The molecule has 0 unspecified atom stereocenters. The van der Waals surface area contributed by atoms with Crippen molar-refractivity contribution in [3.63, 3.8) is 0 Å². The van der Waals surface area contributed by atoms with Crippen LogP contribution in [-0.2, 0) is 4.79 Å². The fraction of sp³-hybridized carbons (Fsp3) is 0.575. The van der Waals surface area contributed by atoms with Gasteiger partial charge in [-0.25, -0.2) is 0 Å². The summed E-state index contributed by atoms with van der Waals surface area (Å²) in [6, 6.07) is 0. The maximum atomic E-state index is 13.4. The molecule has 0 amide bonds. The Kier molecular flexibility index (Phi) is 21.8. The summed E-state index contributed by atoms with van der Waals surface area (Å²) in [5, 5.41) is 0. The Morgan fingerprint density at radius 2 is 0.707 bits per heavy atom. The van der Waals surface area contributed by atoms with Crippen LogP contribution in [0, 0.1) is 0 Å². The normalized spacial score (nSPS) is 13.5. The third-order valence-corrected chi connectivity index (χ3v) is 7.46. The molecule has 0 atom stereocenters. The number of hydrogen-bond acceptors (Lipinski definition) is 1. The standard InChI is InChI=1S/C40H64O/c1-31(2)17-12-20-34(7)22-15-24-36(9)27-29-39(38(11)26-14-19-33(5)6)40(41)30-28-37(10)25-16-23-35(8)21-13-18-32(3)4/h17-19,22-23,27-28H,12-16,20-21,24-26,29-30H2,1-11H3. The van der Waals surface area contributed by atoms with Crippen LogP contribution in [0.25, 0.3) is 0 Å². The molecule has 0 aliphatic rings. The van der Waals surface area contributed by atoms with E-state index in [2.05, 4.69) is 119 Å². The Morgan fingerprint density at radius 3 is 1.10 bits per heavy atom. The molecule has 0 aliphatic heterocycles. The smallest absolute Gasteiger partial charge is 0.162 e. The van der Waals surface area contributed by atoms with Gasteiger partial charge in [0.1, 0.15) is 0 Å². The minimum absolute atomic E-state index is 0.284. The highest BCUT2D eigenvalue weighted by molar-refractivity contribution is 5.97. The second-order valence-electron chi connectivity index (χ2n) is 12.8. The predicted molar refractivity (Wildman–Crippen MR) is 186 cm³/mol. The molecule has 0 radical (unpaired) electrons. The van der Waals surface area contributed by atoms with Crippen molar-refractivity contribution < 1.29 is 4.79 Å². The minimum atomic E-state index is 0.284. The van der Waals surface area contributed by atoms with Crippen molar-refractivity contribution >= 4 is 5.78 Å². The van der Waals surface area contributed by atoms with Crippen molar-refractivity contribution in [2.45, 2.75) is 153 Å². The summed E-state index contributed by atoms with van der Waals surface area (Å²) in [6.45, 7) is 23.9. The van der Waals surface area contributed by atoms with Gasteiger partial charge in [-0.3, -0.25) is 4.79 Å². The molecule has 0 aromatic heterocycles. The molecule has 0 saturated heterocycles. The second kappa shape index (κ2) is 23.2. The zero-order chi connectivity index (χ0) is 31.2. The zero-order valence-electron chi connectivity index (χ0n) is 28.9. The van der Waals surface area contributed by atoms with Gasteiger partial charge in [0.05, 0.1) is 0 Å². The number of carbonyl (C=O) groups excluding carboxylic acids is 1. The lowest BCUT2D eigenvalue weighted by Gasteiger charge is -2.10. The van der Waals surface area contributed by atoms with Crippen LogP contribution >= 0.6 is 0 Å². The molecule has 230 valence electrons. The molecule has 1 heteroatoms. The minimum Gasteiger partial charge on any atom is -0.294 e. The van der Waals surface area contributed by atoms with Crippen LogP contribution < -0.4 is 0 Å². The van der Waals surface area contributed by atoms with Gasteiger partial charge in [0.25, 0.3) is 0 Å². The van der Waals surface area contributed by atoms with Crippen LogP contribution in [0.2, 0.25) is 0 Å². The maximum absolute atomic E-state index is 13.4. The van der Waals surface area contributed by atoms with Gasteiger partial charge in [0.2, 0.25) is 0 Å². The molecule has 0 bridgehead atoms. The summed E-state index contributed by atoms with van der Waals surface area (Å²) in [7, 11) is 0. The molecule has 41 heavy (non-hydrogen) atoms. The van der Waals surface area contributed by atoms with Crippen LogP contribution in [0.15, 0.2) is 92.7 Å². The Bertz CT molecular complexity index is 1030. The van der Waals surface area contributed by atoms with Gasteiger partial charge in [-0.1, -0.05) is 87.1 Å². The molecule has 0 heterocycles. The zero-order valence-corrected chi connectivity index (χ0v) is 28.9. The van der Waals surface area contributed by atoms with Crippen molar-refractivity contribution in [3.05, 3.63) is 92.7 Å². The van der Waals surface area contributed by atoms with Crippen molar-refractivity contribution in [1.29, 1.82) is 0 Å². The first-order valence-corrected chi connectivity index (χ1v) is 16.1. The van der Waals surface area contributed by atoms with E-state index in [1.165, 1.54) is 44.6 Å². The summed E-state index contributed by atoms with van der Waals surface area (Å²) in [6.07, 6.45) is 28.0. The van der Waals surface area contributed by atoms with E-state index in [1.54, 1.807) is 0 Å². The molecule has 0 aromatic rings. The van der Waals surface area contributed by atoms with Gasteiger partial charge in [0.15, 0.2) is 5.78 Å². The number of ketones is 1. The molecule has 0 fully saturated rings. The fourth-order valence-electron chi connectivity index (χ4n) is 4.60. The molecule has 0 rings (SSSR count). The van der Waals surface area contributed by atoms with Crippen molar-refractivity contribution in [2.24, 2.45) is 0 Å². The van der Waals surface area contributed by atoms with Gasteiger partial charge >= 0.3 is 0 Å². The van der Waals surface area contributed by atoms with Crippen molar-refractivity contribution in [1.82, 2.24) is 0 Å². The largest absolute Gasteiger partial charge is 0.294 e. The first-order chi connectivity index (χ1) is 19.3.